The van der Waals surface area contributed by atoms with Crippen LogP contribution in [0.5, 0.6) is 0 Å². The Morgan fingerprint density at radius 2 is 1.86 bits per heavy atom. The second-order valence-electron chi connectivity index (χ2n) is 4.91. The Labute approximate surface area is 134 Å². The van der Waals surface area contributed by atoms with Crippen molar-refractivity contribution >= 4 is 11.8 Å². The van der Waals surface area contributed by atoms with Crippen molar-refractivity contribution in [1.29, 1.82) is 0 Å². The minimum absolute atomic E-state index is 0.844. The van der Waals surface area contributed by atoms with Crippen LogP contribution in [-0.2, 0) is 18.8 Å². The molecule has 2 heterocycles. The topological polar surface area (TPSA) is 48.5 Å². The summed E-state index contributed by atoms with van der Waals surface area (Å²) < 4.78 is 4.05. The summed E-state index contributed by atoms with van der Waals surface area (Å²) >= 11 is 1.71. The van der Waals surface area contributed by atoms with Crippen molar-refractivity contribution in [2.24, 2.45) is 0 Å². The third kappa shape index (κ3) is 3.06. The number of rotatable bonds is 6. The molecular formula is C16H19N5S. The molecule has 114 valence electrons. The van der Waals surface area contributed by atoms with E-state index in [9.17, 15) is 0 Å². The highest BCUT2D eigenvalue weighted by atomic mass is 32.2. The minimum Gasteiger partial charge on any atom is -0.302 e. The molecule has 0 N–H and O–H groups in total. The smallest absolute Gasteiger partial charge is 0.191 e. The Hall–Kier alpha value is -2.08. The van der Waals surface area contributed by atoms with Gasteiger partial charge >= 0.3 is 0 Å². The number of nitrogens with zero attached hydrogens (tertiary/aromatic N) is 5. The van der Waals surface area contributed by atoms with E-state index in [4.69, 9.17) is 0 Å². The van der Waals surface area contributed by atoms with Crippen molar-refractivity contribution in [3.63, 3.8) is 0 Å². The molecule has 0 aliphatic carbocycles. The lowest BCUT2D eigenvalue weighted by Gasteiger charge is -2.06. The fourth-order valence-electron chi connectivity index (χ4n) is 2.27. The Morgan fingerprint density at radius 3 is 2.55 bits per heavy atom. The largest absolute Gasteiger partial charge is 0.302 e. The molecule has 0 radical (unpaired) electrons. The molecule has 0 bridgehead atoms. The third-order valence-corrected chi connectivity index (χ3v) is 4.50. The SMILES string of the molecule is CCn1cc(-c2nnc(SCc3ccccc3)n2CC)cn1. The van der Waals surface area contributed by atoms with E-state index in [1.165, 1.54) is 5.56 Å². The van der Waals surface area contributed by atoms with Gasteiger partial charge < -0.3 is 4.57 Å². The van der Waals surface area contributed by atoms with Crippen LogP contribution >= 0.6 is 11.8 Å². The van der Waals surface area contributed by atoms with Gasteiger partial charge in [0, 0.05) is 25.0 Å². The summed E-state index contributed by atoms with van der Waals surface area (Å²) in [6.45, 7) is 5.89. The minimum atomic E-state index is 0.844. The lowest BCUT2D eigenvalue weighted by Crippen LogP contribution is -1.99. The van der Waals surface area contributed by atoms with Gasteiger partial charge in [0.05, 0.1) is 11.8 Å². The zero-order chi connectivity index (χ0) is 15.4. The summed E-state index contributed by atoms with van der Waals surface area (Å²) in [5, 5.41) is 14.0. The van der Waals surface area contributed by atoms with Crippen molar-refractivity contribution in [2.45, 2.75) is 37.8 Å². The van der Waals surface area contributed by atoms with E-state index in [1.807, 2.05) is 23.1 Å². The van der Waals surface area contributed by atoms with Crippen LogP contribution in [0.3, 0.4) is 0 Å². The number of aromatic nitrogens is 5. The first-order chi connectivity index (χ1) is 10.8. The molecule has 3 aromatic rings. The summed E-state index contributed by atoms with van der Waals surface area (Å²) in [7, 11) is 0. The quantitative estimate of drug-likeness (QED) is 0.654. The summed E-state index contributed by atoms with van der Waals surface area (Å²) in [6.07, 6.45) is 3.87. The molecular weight excluding hydrogens is 294 g/mol. The molecule has 0 saturated heterocycles. The fraction of sp³-hybridized carbons (Fsp3) is 0.312. The average Bonchev–Trinajstić information content (AvgIpc) is 3.19. The molecule has 6 heteroatoms. The molecule has 0 aliphatic heterocycles. The highest BCUT2D eigenvalue weighted by Crippen LogP contribution is 2.26. The van der Waals surface area contributed by atoms with Gasteiger partial charge in [-0.15, -0.1) is 10.2 Å². The van der Waals surface area contributed by atoms with E-state index in [0.29, 0.717) is 0 Å². The third-order valence-electron chi connectivity index (χ3n) is 3.46. The van der Waals surface area contributed by atoms with Crippen LogP contribution < -0.4 is 0 Å². The predicted octanol–water partition coefficient (Wildman–Crippen LogP) is 3.47. The summed E-state index contributed by atoms with van der Waals surface area (Å²) in [5.74, 6) is 1.78. The Kier molecular flexibility index (Phi) is 4.58. The molecule has 0 amide bonds. The molecule has 22 heavy (non-hydrogen) atoms. The lowest BCUT2D eigenvalue weighted by atomic mass is 10.2. The normalized spacial score (nSPS) is 11.0. The second kappa shape index (κ2) is 6.79. The lowest BCUT2D eigenvalue weighted by molar-refractivity contribution is 0.659. The molecule has 0 spiro atoms. The van der Waals surface area contributed by atoms with Gasteiger partial charge in [-0.05, 0) is 19.4 Å². The van der Waals surface area contributed by atoms with Crippen molar-refractivity contribution in [3.05, 3.63) is 48.3 Å². The van der Waals surface area contributed by atoms with E-state index < -0.39 is 0 Å². The van der Waals surface area contributed by atoms with Gasteiger partial charge in [0.15, 0.2) is 11.0 Å². The predicted molar refractivity (Wildman–Crippen MR) is 88.6 cm³/mol. The van der Waals surface area contributed by atoms with Crippen molar-refractivity contribution in [1.82, 2.24) is 24.5 Å². The molecule has 0 unspecified atom stereocenters. The van der Waals surface area contributed by atoms with Crippen LogP contribution in [0.2, 0.25) is 0 Å². The second-order valence-corrected chi connectivity index (χ2v) is 5.85. The van der Waals surface area contributed by atoms with E-state index in [0.717, 1.165) is 35.4 Å². The molecule has 1 aromatic carbocycles. The summed E-state index contributed by atoms with van der Waals surface area (Å²) in [4.78, 5) is 0. The molecule has 5 nitrogen and oxygen atoms in total. The van der Waals surface area contributed by atoms with Crippen LogP contribution in [0, 0.1) is 0 Å². The van der Waals surface area contributed by atoms with Crippen LogP contribution in [-0.4, -0.2) is 24.5 Å². The van der Waals surface area contributed by atoms with E-state index in [-0.39, 0.29) is 0 Å². The standard InChI is InChI=1S/C16H19N5S/c1-3-20-11-14(10-17-20)15-18-19-16(21(15)4-2)22-12-13-8-6-5-7-9-13/h5-11H,3-4,12H2,1-2H3. The number of hydrogen-bond donors (Lipinski definition) is 0. The summed E-state index contributed by atoms with van der Waals surface area (Å²) in [6, 6.07) is 10.4. The van der Waals surface area contributed by atoms with Gasteiger partial charge in [-0.2, -0.15) is 5.10 Å². The Morgan fingerprint density at radius 1 is 1.05 bits per heavy atom. The van der Waals surface area contributed by atoms with Gasteiger partial charge in [0.1, 0.15) is 0 Å². The van der Waals surface area contributed by atoms with Gasteiger partial charge in [-0.3, -0.25) is 4.68 Å². The molecule has 0 atom stereocenters. The van der Waals surface area contributed by atoms with E-state index in [2.05, 4.69) is 58.0 Å². The molecule has 3 rings (SSSR count). The maximum absolute atomic E-state index is 4.36. The van der Waals surface area contributed by atoms with E-state index >= 15 is 0 Å². The van der Waals surface area contributed by atoms with Crippen LogP contribution in [0.25, 0.3) is 11.4 Å². The van der Waals surface area contributed by atoms with Gasteiger partial charge in [-0.1, -0.05) is 42.1 Å². The van der Waals surface area contributed by atoms with Gasteiger partial charge in [0.2, 0.25) is 0 Å². The zero-order valence-electron chi connectivity index (χ0n) is 12.8. The number of hydrogen-bond acceptors (Lipinski definition) is 4. The summed E-state index contributed by atoms with van der Waals surface area (Å²) in [5.41, 5.74) is 2.31. The molecule has 2 aromatic heterocycles. The van der Waals surface area contributed by atoms with Crippen molar-refractivity contribution in [2.75, 3.05) is 0 Å². The molecule has 0 fully saturated rings. The molecule has 0 saturated carbocycles. The Balaban J connectivity index is 1.81. The maximum Gasteiger partial charge on any atom is 0.191 e. The van der Waals surface area contributed by atoms with Gasteiger partial charge in [0.25, 0.3) is 0 Å². The monoisotopic (exact) mass is 313 g/mol. The highest BCUT2D eigenvalue weighted by molar-refractivity contribution is 7.98. The Bertz CT molecular complexity index is 732. The number of thioether (sulfide) groups is 1. The highest BCUT2D eigenvalue weighted by Gasteiger charge is 2.14. The average molecular weight is 313 g/mol. The fourth-order valence-corrected chi connectivity index (χ4v) is 3.23. The van der Waals surface area contributed by atoms with Crippen LogP contribution in [0.1, 0.15) is 19.4 Å². The van der Waals surface area contributed by atoms with Crippen LogP contribution in [0.15, 0.2) is 47.9 Å². The zero-order valence-corrected chi connectivity index (χ0v) is 13.6. The number of benzene rings is 1. The van der Waals surface area contributed by atoms with Crippen molar-refractivity contribution < 1.29 is 0 Å². The van der Waals surface area contributed by atoms with Gasteiger partial charge in [-0.25, -0.2) is 0 Å². The number of aryl methyl sites for hydroxylation is 1. The van der Waals surface area contributed by atoms with E-state index in [1.54, 1.807) is 11.8 Å². The van der Waals surface area contributed by atoms with Crippen molar-refractivity contribution in [3.8, 4) is 11.4 Å². The van der Waals surface area contributed by atoms with Crippen LogP contribution in [0.4, 0.5) is 0 Å². The first-order valence-corrected chi connectivity index (χ1v) is 8.43. The first-order valence-electron chi connectivity index (χ1n) is 7.44. The maximum atomic E-state index is 4.36. The molecule has 0 aliphatic rings. The first kappa shape index (κ1) is 14.8.